The Morgan fingerprint density at radius 2 is 1.68 bits per heavy atom. The van der Waals surface area contributed by atoms with Crippen molar-refractivity contribution in [1.29, 1.82) is 0 Å². The van der Waals surface area contributed by atoms with Gasteiger partial charge in [0.15, 0.2) is 0 Å². The topological polar surface area (TPSA) is 105 Å². The smallest absolute Gasteiger partial charge is 0.407 e. The van der Waals surface area contributed by atoms with Crippen molar-refractivity contribution in [2.24, 2.45) is 5.92 Å². The molecule has 0 bridgehead atoms. The van der Waals surface area contributed by atoms with Crippen LogP contribution in [0.2, 0.25) is 0 Å². The zero-order valence-electron chi connectivity index (χ0n) is 19.5. The highest BCUT2D eigenvalue weighted by Gasteiger charge is 2.31. The number of hydrogen-bond donors (Lipinski definition) is 3. The van der Waals surface area contributed by atoms with E-state index < -0.39 is 12.1 Å². The van der Waals surface area contributed by atoms with Gasteiger partial charge in [-0.05, 0) is 60.8 Å². The van der Waals surface area contributed by atoms with Crippen molar-refractivity contribution in [3.8, 4) is 11.1 Å². The van der Waals surface area contributed by atoms with Crippen molar-refractivity contribution in [3.05, 3.63) is 59.7 Å². The highest BCUT2D eigenvalue weighted by molar-refractivity contribution is 5.79. The summed E-state index contributed by atoms with van der Waals surface area (Å²) in [5.74, 6) is -0.699. The number of amides is 2. The first kappa shape index (κ1) is 23.8. The molecule has 2 aromatic rings. The number of benzene rings is 2. The standard InChI is InChI=1S/C27H32N2O5/c1-17(10-13-26(31)32)28-25(30)15-18-11-12-19(14-18)29-27(33)34-16-24-22-8-4-2-6-20(22)21-7-3-5-9-23(21)24/h2-9,17-19,24H,10-16H2,1H3,(H,28,30)(H,29,33)(H,31,32)/t17?,18-,19+/m0/s1. The van der Waals surface area contributed by atoms with E-state index in [1.165, 1.54) is 22.3 Å². The van der Waals surface area contributed by atoms with Gasteiger partial charge in [0, 0.05) is 30.8 Å². The average Bonchev–Trinajstić information content (AvgIpc) is 3.38. The predicted octanol–water partition coefficient (Wildman–Crippen LogP) is 4.45. The Morgan fingerprint density at radius 3 is 2.32 bits per heavy atom. The Hall–Kier alpha value is -3.35. The molecular formula is C27H32N2O5. The molecule has 1 fully saturated rings. The van der Waals surface area contributed by atoms with E-state index >= 15 is 0 Å². The highest BCUT2D eigenvalue weighted by atomic mass is 16.5. The molecule has 0 aliphatic heterocycles. The van der Waals surface area contributed by atoms with Gasteiger partial charge in [-0.15, -0.1) is 0 Å². The maximum Gasteiger partial charge on any atom is 0.407 e. The van der Waals surface area contributed by atoms with Gasteiger partial charge in [-0.2, -0.15) is 0 Å². The van der Waals surface area contributed by atoms with Gasteiger partial charge in [0.05, 0.1) is 0 Å². The van der Waals surface area contributed by atoms with E-state index in [4.69, 9.17) is 9.84 Å². The first-order valence-electron chi connectivity index (χ1n) is 12.0. The molecule has 7 nitrogen and oxygen atoms in total. The number of carboxylic acids is 1. The van der Waals surface area contributed by atoms with E-state index in [-0.39, 0.29) is 42.9 Å². The van der Waals surface area contributed by atoms with Crippen LogP contribution in [0.4, 0.5) is 4.79 Å². The fourth-order valence-electron chi connectivity index (χ4n) is 5.21. The molecule has 1 unspecified atom stereocenters. The van der Waals surface area contributed by atoms with Gasteiger partial charge in [-0.25, -0.2) is 4.79 Å². The quantitative estimate of drug-likeness (QED) is 0.508. The summed E-state index contributed by atoms with van der Waals surface area (Å²) in [5.41, 5.74) is 4.75. The molecule has 0 spiro atoms. The van der Waals surface area contributed by atoms with Gasteiger partial charge in [-0.1, -0.05) is 48.5 Å². The van der Waals surface area contributed by atoms with E-state index in [1.54, 1.807) is 0 Å². The fourth-order valence-corrected chi connectivity index (χ4v) is 5.21. The second-order valence-electron chi connectivity index (χ2n) is 9.45. The largest absolute Gasteiger partial charge is 0.481 e. The second kappa shape index (κ2) is 10.7. The van der Waals surface area contributed by atoms with Gasteiger partial charge in [0.1, 0.15) is 6.61 Å². The molecule has 180 valence electrons. The summed E-state index contributed by atoms with van der Waals surface area (Å²) in [4.78, 5) is 35.4. The first-order valence-corrected chi connectivity index (χ1v) is 12.0. The monoisotopic (exact) mass is 464 g/mol. The molecule has 34 heavy (non-hydrogen) atoms. The number of alkyl carbamates (subject to hydrolysis) is 1. The summed E-state index contributed by atoms with van der Waals surface area (Å²) in [5, 5.41) is 14.6. The SMILES string of the molecule is CC(CCC(=O)O)NC(=O)C[C@H]1CC[C@@H](NC(=O)OCC2c3ccccc3-c3ccccc32)C1. The molecule has 2 aliphatic carbocycles. The number of carbonyl (C=O) groups is 3. The molecule has 2 aliphatic rings. The average molecular weight is 465 g/mol. The van der Waals surface area contributed by atoms with Crippen LogP contribution in [-0.2, 0) is 14.3 Å². The molecule has 2 amide bonds. The number of carbonyl (C=O) groups excluding carboxylic acids is 2. The van der Waals surface area contributed by atoms with Crippen LogP contribution < -0.4 is 10.6 Å². The molecule has 3 atom stereocenters. The summed E-state index contributed by atoms with van der Waals surface area (Å²) in [6.07, 6.45) is 2.84. The molecule has 7 heteroatoms. The van der Waals surface area contributed by atoms with Crippen LogP contribution in [0.1, 0.15) is 62.5 Å². The van der Waals surface area contributed by atoms with Gasteiger partial charge < -0.3 is 20.5 Å². The molecule has 3 N–H and O–H groups in total. The number of rotatable bonds is 9. The number of nitrogens with one attached hydrogen (secondary N) is 2. The minimum absolute atomic E-state index is 0.00196. The molecule has 2 aromatic carbocycles. The van der Waals surface area contributed by atoms with Crippen molar-refractivity contribution >= 4 is 18.0 Å². The highest BCUT2D eigenvalue weighted by Crippen LogP contribution is 2.44. The number of aliphatic carboxylic acids is 1. The van der Waals surface area contributed by atoms with Gasteiger partial charge in [0.2, 0.25) is 5.91 Å². The molecule has 0 heterocycles. The Morgan fingerprint density at radius 1 is 1.03 bits per heavy atom. The predicted molar refractivity (Wildman–Crippen MR) is 128 cm³/mol. The lowest BCUT2D eigenvalue weighted by Crippen LogP contribution is -2.35. The van der Waals surface area contributed by atoms with Crippen LogP contribution in [0.5, 0.6) is 0 Å². The summed E-state index contributed by atoms with van der Waals surface area (Å²) in [6.45, 7) is 2.10. The van der Waals surface area contributed by atoms with Crippen molar-refractivity contribution in [2.75, 3.05) is 6.61 Å². The fraction of sp³-hybridized carbons (Fsp3) is 0.444. The van der Waals surface area contributed by atoms with E-state index in [1.807, 2.05) is 31.2 Å². The summed E-state index contributed by atoms with van der Waals surface area (Å²) < 4.78 is 5.64. The van der Waals surface area contributed by atoms with Crippen molar-refractivity contribution in [2.45, 2.75) is 63.5 Å². The van der Waals surface area contributed by atoms with Crippen LogP contribution >= 0.6 is 0 Å². The third-order valence-corrected chi connectivity index (χ3v) is 6.88. The van der Waals surface area contributed by atoms with E-state index in [0.717, 1.165) is 19.3 Å². The number of ether oxygens (including phenoxy) is 1. The summed E-state index contributed by atoms with van der Waals surface area (Å²) in [6, 6.07) is 16.3. The summed E-state index contributed by atoms with van der Waals surface area (Å²) >= 11 is 0. The Balaban J connectivity index is 1.22. The molecule has 4 rings (SSSR count). The van der Waals surface area contributed by atoms with Crippen LogP contribution in [-0.4, -0.2) is 41.8 Å². The lowest BCUT2D eigenvalue weighted by molar-refractivity contribution is -0.137. The number of fused-ring (bicyclic) bond motifs is 3. The van der Waals surface area contributed by atoms with Gasteiger partial charge in [0.25, 0.3) is 0 Å². The van der Waals surface area contributed by atoms with Crippen LogP contribution in [0.3, 0.4) is 0 Å². The van der Waals surface area contributed by atoms with E-state index in [9.17, 15) is 14.4 Å². The minimum Gasteiger partial charge on any atom is -0.481 e. The Bertz CT molecular complexity index is 1010. The number of carboxylic acid groups (broad SMARTS) is 1. The molecule has 0 saturated heterocycles. The normalized spacial score (nSPS) is 19.7. The zero-order valence-corrected chi connectivity index (χ0v) is 19.5. The Kier molecular flexibility index (Phi) is 7.50. The van der Waals surface area contributed by atoms with Crippen molar-refractivity contribution in [1.82, 2.24) is 10.6 Å². The van der Waals surface area contributed by atoms with Crippen molar-refractivity contribution < 1.29 is 24.2 Å². The van der Waals surface area contributed by atoms with Crippen LogP contribution in [0, 0.1) is 5.92 Å². The van der Waals surface area contributed by atoms with E-state index in [2.05, 4.69) is 34.9 Å². The summed E-state index contributed by atoms with van der Waals surface area (Å²) in [7, 11) is 0. The van der Waals surface area contributed by atoms with Crippen LogP contribution in [0.15, 0.2) is 48.5 Å². The van der Waals surface area contributed by atoms with Crippen LogP contribution in [0.25, 0.3) is 11.1 Å². The van der Waals surface area contributed by atoms with E-state index in [0.29, 0.717) is 12.8 Å². The minimum atomic E-state index is -0.862. The second-order valence-corrected chi connectivity index (χ2v) is 9.45. The van der Waals surface area contributed by atoms with Gasteiger partial charge >= 0.3 is 12.1 Å². The zero-order chi connectivity index (χ0) is 24.1. The maximum absolute atomic E-state index is 12.5. The lowest BCUT2D eigenvalue weighted by Gasteiger charge is -2.17. The molecule has 0 aromatic heterocycles. The first-order chi connectivity index (χ1) is 16.4. The number of hydrogen-bond acceptors (Lipinski definition) is 4. The third kappa shape index (κ3) is 5.76. The van der Waals surface area contributed by atoms with Crippen molar-refractivity contribution in [3.63, 3.8) is 0 Å². The maximum atomic E-state index is 12.5. The third-order valence-electron chi connectivity index (χ3n) is 6.88. The van der Waals surface area contributed by atoms with Gasteiger partial charge in [-0.3, -0.25) is 9.59 Å². The molecule has 1 saturated carbocycles. The molecular weight excluding hydrogens is 432 g/mol. The molecule has 0 radical (unpaired) electrons. The lowest BCUT2D eigenvalue weighted by atomic mass is 9.98. The Labute approximate surface area is 199 Å².